The van der Waals surface area contributed by atoms with Gasteiger partial charge in [-0.3, -0.25) is 14.3 Å². The fraction of sp³-hybridized carbons (Fsp3) is 0.143. The highest BCUT2D eigenvalue weighted by Crippen LogP contribution is 2.36. The van der Waals surface area contributed by atoms with Crippen molar-refractivity contribution in [2.45, 2.75) is 13.0 Å². The lowest BCUT2D eigenvalue weighted by atomic mass is 9.93. The molecule has 4 aromatic rings. The third-order valence-electron chi connectivity index (χ3n) is 5.77. The van der Waals surface area contributed by atoms with Crippen LogP contribution in [0.1, 0.15) is 29.7 Å². The molecule has 5 rings (SSSR count). The number of benzene rings is 2. The van der Waals surface area contributed by atoms with Gasteiger partial charge in [0, 0.05) is 18.0 Å². The van der Waals surface area contributed by atoms with E-state index in [2.05, 4.69) is 4.98 Å². The number of methoxy groups -OCH3 is 1. The molecule has 2 aromatic heterocycles. The third kappa shape index (κ3) is 4.38. The van der Waals surface area contributed by atoms with Crippen LogP contribution in [0.15, 0.2) is 94.5 Å². The predicted molar refractivity (Wildman–Crippen MR) is 138 cm³/mol. The summed E-state index contributed by atoms with van der Waals surface area (Å²) >= 11 is 1.27. The Labute approximate surface area is 211 Å². The highest BCUT2D eigenvalue weighted by Gasteiger charge is 2.35. The maximum atomic E-state index is 13.8. The summed E-state index contributed by atoms with van der Waals surface area (Å²) in [7, 11) is 1.58. The molecule has 0 amide bonds. The molecule has 8 heteroatoms. The van der Waals surface area contributed by atoms with Crippen LogP contribution in [0.2, 0.25) is 0 Å². The minimum Gasteiger partial charge on any atom is -0.497 e. The number of fused-ring (bicyclic) bond motifs is 1. The van der Waals surface area contributed by atoms with Crippen molar-refractivity contribution >= 4 is 29.1 Å². The van der Waals surface area contributed by atoms with Crippen molar-refractivity contribution in [3.63, 3.8) is 0 Å². The predicted octanol–water partition coefficient (Wildman–Crippen LogP) is 3.34. The zero-order valence-corrected chi connectivity index (χ0v) is 20.6. The van der Waals surface area contributed by atoms with E-state index in [1.807, 2.05) is 66.7 Å². The molecule has 0 spiro atoms. The van der Waals surface area contributed by atoms with Gasteiger partial charge in [0.1, 0.15) is 5.75 Å². The number of esters is 1. The summed E-state index contributed by atoms with van der Waals surface area (Å²) in [5.74, 6) is 0.0981. The second-order valence-corrected chi connectivity index (χ2v) is 9.00. The van der Waals surface area contributed by atoms with E-state index in [1.54, 1.807) is 37.1 Å². The van der Waals surface area contributed by atoms with Crippen LogP contribution >= 0.6 is 11.3 Å². The Hall–Kier alpha value is -4.30. The number of carbonyl (C=O) groups excluding carboxylic acids is 1. The lowest BCUT2D eigenvalue weighted by molar-refractivity contribution is -0.138. The topological polar surface area (TPSA) is 82.8 Å². The van der Waals surface area contributed by atoms with Gasteiger partial charge in [0.05, 0.1) is 35.6 Å². The molecule has 0 saturated heterocycles. The van der Waals surface area contributed by atoms with Crippen molar-refractivity contribution in [1.29, 1.82) is 0 Å². The van der Waals surface area contributed by atoms with E-state index in [0.29, 0.717) is 26.4 Å². The van der Waals surface area contributed by atoms with Gasteiger partial charge in [-0.1, -0.05) is 59.9 Å². The van der Waals surface area contributed by atoms with Crippen LogP contribution in [0.25, 0.3) is 11.8 Å². The zero-order valence-electron chi connectivity index (χ0n) is 19.8. The SMILES string of the molecule is CCOC(=O)C1=C(c2ccccc2)N=c2s/c(=C/c3cccnc3)c(=O)n2[C@H]1c1cccc(OC)c1. The summed E-state index contributed by atoms with van der Waals surface area (Å²) in [6.45, 7) is 1.95. The van der Waals surface area contributed by atoms with Crippen LogP contribution < -0.4 is 19.6 Å². The molecule has 0 bridgehead atoms. The Bertz CT molecular complexity index is 1620. The quantitative estimate of drug-likeness (QED) is 0.382. The maximum Gasteiger partial charge on any atom is 0.338 e. The highest BCUT2D eigenvalue weighted by atomic mass is 32.1. The summed E-state index contributed by atoms with van der Waals surface area (Å²) in [4.78, 5) is 36.7. The number of pyridine rings is 1. The molecule has 0 aliphatic carbocycles. The van der Waals surface area contributed by atoms with Crippen molar-refractivity contribution in [2.24, 2.45) is 4.99 Å². The first-order valence-electron chi connectivity index (χ1n) is 11.4. The van der Waals surface area contributed by atoms with E-state index in [9.17, 15) is 9.59 Å². The van der Waals surface area contributed by atoms with Crippen molar-refractivity contribution < 1.29 is 14.3 Å². The Morgan fingerprint density at radius 1 is 1.11 bits per heavy atom. The monoisotopic (exact) mass is 497 g/mol. The Kier molecular flexibility index (Phi) is 6.60. The smallest absolute Gasteiger partial charge is 0.338 e. The highest BCUT2D eigenvalue weighted by molar-refractivity contribution is 7.07. The average Bonchev–Trinajstić information content (AvgIpc) is 3.23. The van der Waals surface area contributed by atoms with Gasteiger partial charge in [0.15, 0.2) is 4.80 Å². The lowest BCUT2D eigenvalue weighted by Crippen LogP contribution is -2.40. The Morgan fingerprint density at radius 2 is 1.94 bits per heavy atom. The molecule has 0 unspecified atom stereocenters. The van der Waals surface area contributed by atoms with E-state index < -0.39 is 12.0 Å². The number of aromatic nitrogens is 2. The van der Waals surface area contributed by atoms with Crippen molar-refractivity contribution in [1.82, 2.24) is 9.55 Å². The first kappa shape index (κ1) is 23.4. The van der Waals surface area contributed by atoms with Crippen molar-refractivity contribution in [3.05, 3.63) is 121 Å². The van der Waals surface area contributed by atoms with Gasteiger partial charge >= 0.3 is 5.97 Å². The van der Waals surface area contributed by atoms with Crippen LogP contribution in [0, 0.1) is 0 Å². The number of nitrogens with zero attached hydrogens (tertiary/aromatic N) is 3. The molecule has 0 fully saturated rings. The Morgan fingerprint density at radius 3 is 2.67 bits per heavy atom. The first-order chi connectivity index (χ1) is 17.6. The van der Waals surface area contributed by atoms with E-state index in [0.717, 1.165) is 16.7 Å². The summed E-state index contributed by atoms with van der Waals surface area (Å²) in [6, 6.07) is 19.8. The largest absolute Gasteiger partial charge is 0.497 e. The summed E-state index contributed by atoms with van der Waals surface area (Å²) in [5.41, 5.74) is 2.82. The molecule has 1 aliphatic heterocycles. The molecule has 7 nitrogen and oxygen atoms in total. The van der Waals surface area contributed by atoms with Crippen molar-refractivity contribution in [2.75, 3.05) is 13.7 Å². The standard InChI is InChI=1S/C28H23N3O4S/c1-3-35-27(33)23-24(19-10-5-4-6-11-19)30-28-31(25(23)20-12-7-13-21(16-20)34-2)26(32)22(36-28)15-18-9-8-14-29-17-18/h4-17,25H,3H2,1-2H3/b22-15+/t25-/m0/s1. The summed E-state index contributed by atoms with van der Waals surface area (Å²) in [5, 5.41) is 0. The molecule has 36 heavy (non-hydrogen) atoms. The van der Waals surface area contributed by atoms with Gasteiger partial charge in [-0.15, -0.1) is 0 Å². The molecule has 0 radical (unpaired) electrons. The number of rotatable bonds is 6. The fourth-order valence-corrected chi connectivity index (χ4v) is 5.18. The van der Waals surface area contributed by atoms with Crippen LogP contribution in [-0.4, -0.2) is 29.2 Å². The number of hydrogen-bond acceptors (Lipinski definition) is 7. The third-order valence-corrected chi connectivity index (χ3v) is 6.75. The van der Waals surface area contributed by atoms with Gasteiger partial charge < -0.3 is 9.47 Å². The molecular formula is C28H23N3O4S. The molecule has 0 N–H and O–H groups in total. The molecular weight excluding hydrogens is 474 g/mol. The van der Waals surface area contributed by atoms with Crippen molar-refractivity contribution in [3.8, 4) is 5.75 Å². The van der Waals surface area contributed by atoms with Crippen LogP contribution in [0.3, 0.4) is 0 Å². The van der Waals surface area contributed by atoms with E-state index >= 15 is 0 Å². The van der Waals surface area contributed by atoms with E-state index in [4.69, 9.17) is 14.5 Å². The fourth-order valence-electron chi connectivity index (χ4n) is 4.18. The minimum absolute atomic E-state index is 0.195. The van der Waals surface area contributed by atoms with Gasteiger partial charge in [0.2, 0.25) is 0 Å². The lowest BCUT2D eigenvalue weighted by Gasteiger charge is -2.26. The second-order valence-electron chi connectivity index (χ2n) is 7.99. The zero-order chi connectivity index (χ0) is 25.1. The molecule has 3 heterocycles. The molecule has 1 aliphatic rings. The Balaban J connectivity index is 1.85. The van der Waals surface area contributed by atoms with Gasteiger partial charge in [-0.05, 0) is 42.3 Å². The average molecular weight is 498 g/mol. The normalized spacial score (nSPS) is 15.3. The molecule has 2 aromatic carbocycles. The number of hydrogen-bond donors (Lipinski definition) is 0. The van der Waals surface area contributed by atoms with E-state index in [-0.39, 0.29) is 12.2 Å². The number of ether oxygens (including phenoxy) is 2. The maximum absolute atomic E-state index is 13.8. The number of carbonyl (C=O) groups is 1. The first-order valence-corrected chi connectivity index (χ1v) is 12.2. The van der Waals surface area contributed by atoms with Gasteiger partial charge in [-0.2, -0.15) is 0 Å². The van der Waals surface area contributed by atoms with Gasteiger partial charge in [0.25, 0.3) is 5.56 Å². The second kappa shape index (κ2) is 10.1. The molecule has 0 saturated carbocycles. The summed E-state index contributed by atoms with van der Waals surface area (Å²) < 4.78 is 13.0. The molecule has 1 atom stereocenters. The van der Waals surface area contributed by atoms with Crippen LogP contribution in [0.5, 0.6) is 5.75 Å². The van der Waals surface area contributed by atoms with Crippen LogP contribution in [-0.2, 0) is 9.53 Å². The summed E-state index contributed by atoms with van der Waals surface area (Å²) in [6.07, 6.45) is 5.16. The number of thiazole rings is 1. The van der Waals surface area contributed by atoms with Crippen LogP contribution in [0.4, 0.5) is 0 Å². The van der Waals surface area contributed by atoms with Gasteiger partial charge in [-0.25, -0.2) is 9.79 Å². The minimum atomic E-state index is -0.748. The van der Waals surface area contributed by atoms with E-state index in [1.165, 1.54) is 11.3 Å². The molecule has 180 valence electrons.